The van der Waals surface area contributed by atoms with Crippen molar-refractivity contribution in [1.29, 1.82) is 0 Å². The molecule has 3 rings (SSSR count). The molecule has 0 bridgehead atoms. The summed E-state index contributed by atoms with van der Waals surface area (Å²) in [6, 6.07) is 4.23. The fourth-order valence-corrected chi connectivity index (χ4v) is 3.83. The van der Waals surface area contributed by atoms with Gasteiger partial charge in [-0.1, -0.05) is 0 Å². The van der Waals surface area contributed by atoms with E-state index in [2.05, 4.69) is 43.3 Å². The van der Waals surface area contributed by atoms with E-state index in [0.717, 1.165) is 43.7 Å². The van der Waals surface area contributed by atoms with Crippen LogP contribution in [0.2, 0.25) is 0 Å². The van der Waals surface area contributed by atoms with E-state index < -0.39 is 0 Å². The van der Waals surface area contributed by atoms with Crippen molar-refractivity contribution in [3.63, 3.8) is 0 Å². The van der Waals surface area contributed by atoms with Gasteiger partial charge in [-0.05, 0) is 61.2 Å². The molecule has 6 heteroatoms. The summed E-state index contributed by atoms with van der Waals surface area (Å²) in [5.41, 5.74) is 3.52. The summed E-state index contributed by atoms with van der Waals surface area (Å²) in [5, 5.41) is 14.6. The molecule has 0 radical (unpaired) electrons. The molecule has 1 unspecified atom stereocenters. The molecule has 1 amide bonds. The SMILES string of the molecule is Cc1cc(C2CCCN(CC(=O)NCCc3ccsc3)C2)n[nH]1. The fraction of sp³-hybridized carbons (Fsp3) is 0.529. The van der Waals surface area contributed by atoms with Crippen molar-refractivity contribution in [2.24, 2.45) is 0 Å². The number of thiophene rings is 1. The van der Waals surface area contributed by atoms with Crippen LogP contribution in [0.25, 0.3) is 0 Å². The summed E-state index contributed by atoms with van der Waals surface area (Å²) >= 11 is 1.70. The maximum absolute atomic E-state index is 12.1. The van der Waals surface area contributed by atoms with Crippen molar-refractivity contribution in [2.75, 3.05) is 26.2 Å². The topological polar surface area (TPSA) is 61.0 Å². The highest BCUT2D eigenvalue weighted by Crippen LogP contribution is 2.25. The fourth-order valence-electron chi connectivity index (χ4n) is 3.13. The first-order chi connectivity index (χ1) is 11.2. The summed E-state index contributed by atoms with van der Waals surface area (Å²) < 4.78 is 0. The third-order valence-electron chi connectivity index (χ3n) is 4.33. The first-order valence-electron chi connectivity index (χ1n) is 8.23. The number of H-pyrrole nitrogens is 1. The molecule has 0 aromatic carbocycles. The zero-order chi connectivity index (χ0) is 16.1. The molecule has 1 fully saturated rings. The van der Waals surface area contributed by atoms with Crippen LogP contribution in [0.4, 0.5) is 0 Å². The van der Waals surface area contributed by atoms with E-state index in [4.69, 9.17) is 0 Å². The monoisotopic (exact) mass is 332 g/mol. The zero-order valence-corrected chi connectivity index (χ0v) is 14.4. The maximum Gasteiger partial charge on any atom is 0.234 e. The van der Waals surface area contributed by atoms with Gasteiger partial charge in [0.1, 0.15) is 0 Å². The Kier molecular flexibility index (Phi) is 5.46. The van der Waals surface area contributed by atoms with Crippen molar-refractivity contribution in [3.05, 3.63) is 39.8 Å². The lowest BCUT2D eigenvalue weighted by Gasteiger charge is -2.31. The average molecular weight is 332 g/mol. The highest BCUT2D eigenvalue weighted by molar-refractivity contribution is 7.07. The van der Waals surface area contributed by atoms with E-state index in [1.807, 2.05) is 6.92 Å². The second kappa shape index (κ2) is 7.75. The lowest BCUT2D eigenvalue weighted by Crippen LogP contribution is -2.42. The van der Waals surface area contributed by atoms with Crippen LogP contribution in [0.5, 0.6) is 0 Å². The van der Waals surface area contributed by atoms with Crippen molar-refractivity contribution >= 4 is 17.2 Å². The van der Waals surface area contributed by atoms with E-state index in [1.165, 1.54) is 5.56 Å². The molecule has 2 aromatic heterocycles. The molecule has 0 saturated carbocycles. The average Bonchev–Trinajstić information content (AvgIpc) is 3.19. The van der Waals surface area contributed by atoms with Gasteiger partial charge in [0.15, 0.2) is 0 Å². The number of hydrogen-bond donors (Lipinski definition) is 2. The first kappa shape index (κ1) is 16.2. The van der Waals surface area contributed by atoms with Crippen LogP contribution in [-0.4, -0.2) is 47.2 Å². The van der Waals surface area contributed by atoms with Gasteiger partial charge in [-0.15, -0.1) is 0 Å². The molecular formula is C17H24N4OS. The Morgan fingerprint density at radius 1 is 1.57 bits per heavy atom. The van der Waals surface area contributed by atoms with Gasteiger partial charge in [0.2, 0.25) is 5.91 Å². The number of rotatable bonds is 6. The molecule has 1 saturated heterocycles. The Labute approximate surface area is 141 Å². The Morgan fingerprint density at radius 2 is 2.48 bits per heavy atom. The number of nitrogens with one attached hydrogen (secondary N) is 2. The normalized spacial score (nSPS) is 18.9. The predicted octanol–water partition coefficient (Wildman–Crippen LogP) is 2.32. The van der Waals surface area contributed by atoms with E-state index in [0.29, 0.717) is 19.0 Å². The molecule has 1 aliphatic rings. The number of hydrogen-bond acceptors (Lipinski definition) is 4. The van der Waals surface area contributed by atoms with Crippen LogP contribution < -0.4 is 5.32 Å². The van der Waals surface area contributed by atoms with Gasteiger partial charge in [0.05, 0.1) is 12.2 Å². The number of aromatic amines is 1. The van der Waals surface area contributed by atoms with Crippen LogP contribution in [-0.2, 0) is 11.2 Å². The lowest BCUT2D eigenvalue weighted by atomic mass is 9.94. The number of nitrogens with zero attached hydrogens (tertiary/aromatic N) is 2. The van der Waals surface area contributed by atoms with Gasteiger partial charge in [0.25, 0.3) is 0 Å². The smallest absolute Gasteiger partial charge is 0.234 e. The number of amides is 1. The largest absolute Gasteiger partial charge is 0.355 e. The molecule has 124 valence electrons. The van der Waals surface area contributed by atoms with Crippen LogP contribution >= 0.6 is 11.3 Å². The van der Waals surface area contributed by atoms with E-state index in [9.17, 15) is 4.79 Å². The minimum atomic E-state index is 0.124. The van der Waals surface area contributed by atoms with Crippen molar-refractivity contribution < 1.29 is 4.79 Å². The molecule has 23 heavy (non-hydrogen) atoms. The summed E-state index contributed by atoms with van der Waals surface area (Å²) in [6.07, 6.45) is 3.18. The van der Waals surface area contributed by atoms with Crippen molar-refractivity contribution in [1.82, 2.24) is 20.4 Å². The van der Waals surface area contributed by atoms with Crippen LogP contribution in [0, 0.1) is 6.92 Å². The van der Waals surface area contributed by atoms with Gasteiger partial charge in [-0.3, -0.25) is 14.8 Å². The summed E-state index contributed by atoms with van der Waals surface area (Å²) in [5.74, 6) is 0.561. The Bertz CT molecular complexity index is 622. The van der Waals surface area contributed by atoms with E-state index >= 15 is 0 Å². The second-order valence-electron chi connectivity index (χ2n) is 6.28. The maximum atomic E-state index is 12.1. The van der Waals surface area contributed by atoms with E-state index in [1.54, 1.807) is 11.3 Å². The first-order valence-corrected chi connectivity index (χ1v) is 9.17. The number of aromatic nitrogens is 2. The van der Waals surface area contributed by atoms with Crippen LogP contribution in [0.1, 0.15) is 35.7 Å². The number of carbonyl (C=O) groups excluding carboxylic acids is 1. The summed E-state index contributed by atoms with van der Waals surface area (Å²) in [6.45, 7) is 5.15. The van der Waals surface area contributed by atoms with Gasteiger partial charge >= 0.3 is 0 Å². The number of likely N-dealkylation sites (tertiary alicyclic amines) is 1. The number of aryl methyl sites for hydroxylation is 1. The molecule has 5 nitrogen and oxygen atoms in total. The Morgan fingerprint density at radius 3 is 3.22 bits per heavy atom. The molecule has 2 N–H and O–H groups in total. The van der Waals surface area contributed by atoms with Gasteiger partial charge < -0.3 is 5.32 Å². The third-order valence-corrected chi connectivity index (χ3v) is 5.06. The Balaban J connectivity index is 1.42. The quantitative estimate of drug-likeness (QED) is 0.853. The molecular weight excluding hydrogens is 308 g/mol. The Hall–Kier alpha value is -1.66. The number of piperidine rings is 1. The molecule has 0 spiro atoms. The zero-order valence-electron chi connectivity index (χ0n) is 13.5. The highest BCUT2D eigenvalue weighted by atomic mass is 32.1. The van der Waals surface area contributed by atoms with Crippen molar-refractivity contribution in [2.45, 2.75) is 32.1 Å². The minimum Gasteiger partial charge on any atom is -0.355 e. The van der Waals surface area contributed by atoms with Crippen LogP contribution in [0.3, 0.4) is 0 Å². The van der Waals surface area contributed by atoms with Crippen LogP contribution in [0.15, 0.2) is 22.9 Å². The predicted molar refractivity (Wildman–Crippen MR) is 92.8 cm³/mol. The summed E-state index contributed by atoms with van der Waals surface area (Å²) in [7, 11) is 0. The minimum absolute atomic E-state index is 0.124. The highest BCUT2D eigenvalue weighted by Gasteiger charge is 2.24. The second-order valence-corrected chi connectivity index (χ2v) is 7.06. The molecule has 0 aliphatic carbocycles. The summed E-state index contributed by atoms with van der Waals surface area (Å²) in [4.78, 5) is 14.4. The van der Waals surface area contributed by atoms with Gasteiger partial charge in [-0.25, -0.2) is 0 Å². The molecule has 2 aromatic rings. The van der Waals surface area contributed by atoms with E-state index in [-0.39, 0.29) is 5.91 Å². The standard InChI is InChI=1S/C17H24N4OS/c1-13-9-16(20-19-13)15-3-2-7-21(10-15)11-17(22)18-6-4-14-5-8-23-12-14/h5,8-9,12,15H,2-4,6-7,10-11H2,1H3,(H,18,22)(H,19,20). The van der Waals surface area contributed by atoms with Gasteiger partial charge in [-0.2, -0.15) is 16.4 Å². The molecule has 1 atom stereocenters. The molecule has 1 aliphatic heterocycles. The lowest BCUT2D eigenvalue weighted by molar-refractivity contribution is -0.122. The van der Waals surface area contributed by atoms with Gasteiger partial charge in [0, 0.05) is 24.7 Å². The van der Waals surface area contributed by atoms with Crippen molar-refractivity contribution in [3.8, 4) is 0 Å². The third kappa shape index (κ3) is 4.65. The number of carbonyl (C=O) groups is 1. The molecule has 3 heterocycles.